The molecule has 214 valence electrons. The van der Waals surface area contributed by atoms with E-state index in [4.69, 9.17) is 32.9 Å². The number of aromatic nitrogens is 2. The molecule has 4 aromatic carbocycles. The Labute approximate surface area is 249 Å². The minimum absolute atomic E-state index is 0.00978. The smallest absolute Gasteiger partial charge is 0.417 e. The molecule has 0 saturated carbocycles. The van der Waals surface area contributed by atoms with Crippen molar-refractivity contribution in [1.82, 2.24) is 9.55 Å². The van der Waals surface area contributed by atoms with Crippen molar-refractivity contribution >= 4 is 29.2 Å². The average molecular weight is 611 g/mol. The second-order valence-corrected chi connectivity index (χ2v) is 10.3. The highest BCUT2D eigenvalue weighted by Gasteiger charge is 2.35. The van der Waals surface area contributed by atoms with Gasteiger partial charge in [-0.1, -0.05) is 59.6 Å². The summed E-state index contributed by atoms with van der Waals surface area (Å²) >= 11 is 12.4. The number of carbonyl (C=O) groups is 1. The van der Waals surface area contributed by atoms with Crippen molar-refractivity contribution in [1.29, 1.82) is 0 Å². The van der Waals surface area contributed by atoms with Crippen molar-refractivity contribution in [3.8, 4) is 33.9 Å². The van der Waals surface area contributed by atoms with Crippen LogP contribution in [0.25, 0.3) is 22.4 Å². The number of hydrogen-bond acceptors (Lipinski definition) is 3. The zero-order chi connectivity index (χ0) is 30.0. The van der Waals surface area contributed by atoms with Gasteiger partial charge in [-0.3, -0.25) is 0 Å². The third-order valence-corrected chi connectivity index (χ3v) is 7.22. The first-order chi connectivity index (χ1) is 20.0. The van der Waals surface area contributed by atoms with Crippen molar-refractivity contribution in [2.75, 3.05) is 0 Å². The number of alkyl halides is 3. The predicted octanol–water partition coefficient (Wildman–Crippen LogP) is 9.64. The third kappa shape index (κ3) is 6.45. The summed E-state index contributed by atoms with van der Waals surface area (Å²) in [6.07, 6.45) is -2.18. The van der Waals surface area contributed by atoms with Gasteiger partial charge < -0.3 is 14.4 Å². The van der Waals surface area contributed by atoms with Gasteiger partial charge in [0.15, 0.2) is 0 Å². The Morgan fingerprint density at radius 2 is 1.55 bits per heavy atom. The number of carboxylic acid groups (broad SMARTS) is 1. The lowest BCUT2D eigenvalue weighted by Gasteiger charge is -2.13. The molecule has 5 rings (SSSR count). The fourth-order valence-electron chi connectivity index (χ4n) is 4.56. The molecule has 1 heterocycles. The predicted molar refractivity (Wildman–Crippen MR) is 157 cm³/mol. The summed E-state index contributed by atoms with van der Waals surface area (Å²) in [5, 5.41) is 10.3. The molecule has 0 radical (unpaired) electrons. The van der Waals surface area contributed by atoms with Crippen LogP contribution in [0.1, 0.15) is 34.2 Å². The van der Waals surface area contributed by atoms with Crippen LogP contribution in [0.3, 0.4) is 0 Å². The Bertz CT molecular complexity index is 1750. The van der Waals surface area contributed by atoms with E-state index in [-0.39, 0.29) is 5.75 Å². The van der Waals surface area contributed by atoms with Crippen molar-refractivity contribution in [2.24, 2.45) is 0 Å². The number of imidazole rings is 1. The largest absolute Gasteiger partial charge is 0.478 e. The molecule has 42 heavy (non-hydrogen) atoms. The normalized spacial score (nSPS) is 11.5. The van der Waals surface area contributed by atoms with Crippen LogP contribution >= 0.6 is 23.2 Å². The SMILES string of the molecule is CCn1cc(-c2ccc(Cl)cc2Cl)nc1Cc1ccc(-c2ccc(Oc3ccc(C(F)(F)F)c(C(=O)O)c3)cc2)cc1. The van der Waals surface area contributed by atoms with Gasteiger partial charge in [0.25, 0.3) is 0 Å². The summed E-state index contributed by atoms with van der Waals surface area (Å²) in [5.41, 5.74) is 2.43. The van der Waals surface area contributed by atoms with Crippen molar-refractivity contribution < 1.29 is 27.8 Å². The van der Waals surface area contributed by atoms with E-state index in [1.165, 1.54) is 0 Å². The standard InChI is InChI=1S/C32H23Cl2F3N2O3/c1-2-39-18-29(25-13-9-22(33)16-28(25)34)38-30(39)15-19-3-5-20(6-4-19)21-7-10-23(11-8-21)42-24-12-14-27(32(35,36)37)26(17-24)31(40)41/h3-14,16-18H,2,15H2,1H3,(H,40,41). The summed E-state index contributed by atoms with van der Waals surface area (Å²) in [6.45, 7) is 2.81. The molecule has 0 bridgehead atoms. The molecular weight excluding hydrogens is 588 g/mol. The molecule has 5 aromatic rings. The van der Waals surface area contributed by atoms with Gasteiger partial charge in [0, 0.05) is 29.7 Å². The van der Waals surface area contributed by atoms with E-state index in [0.717, 1.165) is 52.4 Å². The van der Waals surface area contributed by atoms with Gasteiger partial charge >= 0.3 is 12.1 Å². The Morgan fingerprint density at radius 1 is 0.905 bits per heavy atom. The Balaban J connectivity index is 1.29. The molecule has 0 spiro atoms. The lowest BCUT2D eigenvalue weighted by atomic mass is 10.0. The second kappa shape index (κ2) is 11.9. The summed E-state index contributed by atoms with van der Waals surface area (Å²) in [7, 11) is 0. The molecule has 5 nitrogen and oxygen atoms in total. The first-order valence-corrected chi connectivity index (χ1v) is 13.6. The molecule has 0 atom stereocenters. The van der Waals surface area contributed by atoms with E-state index >= 15 is 0 Å². The van der Waals surface area contributed by atoms with Gasteiger partial charge in [0.1, 0.15) is 17.3 Å². The number of aryl methyl sites for hydroxylation is 1. The zero-order valence-electron chi connectivity index (χ0n) is 22.1. The third-order valence-electron chi connectivity index (χ3n) is 6.67. The number of nitrogens with zero attached hydrogens (tertiary/aromatic N) is 2. The summed E-state index contributed by atoms with van der Waals surface area (Å²) in [4.78, 5) is 16.2. The topological polar surface area (TPSA) is 64.4 Å². The number of rotatable bonds is 8. The average Bonchev–Trinajstić information content (AvgIpc) is 3.35. The molecule has 0 saturated heterocycles. The monoisotopic (exact) mass is 610 g/mol. The van der Waals surface area contributed by atoms with Crippen LogP contribution in [-0.4, -0.2) is 20.6 Å². The first-order valence-electron chi connectivity index (χ1n) is 12.8. The number of benzene rings is 4. The van der Waals surface area contributed by atoms with E-state index < -0.39 is 23.3 Å². The number of ether oxygens (including phenoxy) is 1. The maximum atomic E-state index is 13.1. The van der Waals surface area contributed by atoms with Crippen LogP contribution in [0, 0.1) is 0 Å². The molecule has 0 amide bonds. The van der Waals surface area contributed by atoms with Crippen LogP contribution in [-0.2, 0) is 19.1 Å². The Kier molecular flexibility index (Phi) is 8.29. The number of halogens is 5. The van der Waals surface area contributed by atoms with Gasteiger partial charge in [0.2, 0.25) is 0 Å². The summed E-state index contributed by atoms with van der Waals surface area (Å²) in [6, 6.07) is 23.0. The minimum atomic E-state index is -4.78. The molecule has 0 fully saturated rings. The molecule has 0 aliphatic carbocycles. The first kappa shape index (κ1) is 29.2. The number of hydrogen-bond donors (Lipinski definition) is 1. The molecule has 1 N–H and O–H groups in total. The van der Waals surface area contributed by atoms with Gasteiger partial charge in [0.05, 0.1) is 21.8 Å². The summed E-state index contributed by atoms with van der Waals surface area (Å²) in [5.74, 6) is -0.433. The maximum absolute atomic E-state index is 13.1. The molecule has 0 aliphatic rings. The van der Waals surface area contributed by atoms with E-state index in [1.807, 2.05) is 48.7 Å². The molecule has 1 aromatic heterocycles. The van der Waals surface area contributed by atoms with E-state index in [0.29, 0.717) is 28.3 Å². The lowest BCUT2D eigenvalue weighted by molar-refractivity contribution is -0.138. The highest BCUT2D eigenvalue weighted by Crippen LogP contribution is 2.35. The van der Waals surface area contributed by atoms with Crippen molar-refractivity contribution in [3.05, 3.63) is 124 Å². The van der Waals surface area contributed by atoms with Gasteiger partial charge in [-0.2, -0.15) is 13.2 Å². The van der Waals surface area contributed by atoms with E-state index in [2.05, 4.69) is 11.5 Å². The van der Waals surface area contributed by atoms with Crippen LogP contribution in [0.4, 0.5) is 13.2 Å². The second-order valence-electron chi connectivity index (χ2n) is 9.46. The van der Waals surface area contributed by atoms with Crippen molar-refractivity contribution in [3.63, 3.8) is 0 Å². The molecule has 10 heteroatoms. The highest BCUT2D eigenvalue weighted by molar-refractivity contribution is 6.36. The Hall–Kier alpha value is -4.27. The molecule has 0 unspecified atom stereocenters. The van der Waals surface area contributed by atoms with Crippen LogP contribution in [0.5, 0.6) is 11.5 Å². The Morgan fingerprint density at radius 3 is 2.14 bits per heavy atom. The number of aromatic carboxylic acids is 1. The fourth-order valence-corrected chi connectivity index (χ4v) is 5.06. The molecule has 0 aliphatic heterocycles. The summed E-state index contributed by atoms with van der Waals surface area (Å²) < 4.78 is 47.1. The van der Waals surface area contributed by atoms with Gasteiger partial charge in [-0.25, -0.2) is 9.78 Å². The lowest BCUT2D eigenvalue weighted by Crippen LogP contribution is -2.12. The maximum Gasteiger partial charge on any atom is 0.417 e. The van der Waals surface area contributed by atoms with E-state index in [1.54, 1.807) is 24.3 Å². The van der Waals surface area contributed by atoms with Crippen LogP contribution < -0.4 is 4.74 Å². The van der Waals surface area contributed by atoms with E-state index in [9.17, 15) is 23.1 Å². The number of carboxylic acids is 1. The zero-order valence-corrected chi connectivity index (χ0v) is 23.6. The molecular formula is C32H23Cl2F3N2O3. The van der Waals surface area contributed by atoms with Gasteiger partial charge in [-0.05, 0) is 72.1 Å². The minimum Gasteiger partial charge on any atom is -0.478 e. The van der Waals surface area contributed by atoms with Crippen molar-refractivity contribution in [2.45, 2.75) is 26.1 Å². The fraction of sp³-hybridized carbons (Fsp3) is 0.125. The van der Waals surface area contributed by atoms with Crippen LogP contribution in [0.15, 0.2) is 91.1 Å². The highest BCUT2D eigenvalue weighted by atomic mass is 35.5. The van der Waals surface area contributed by atoms with Gasteiger partial charge in [-0.15, -0.1) is 0 Å². The van der Waals surface area contributed by atoms with Crippen LogP contribution in [0.2, 0.25) is 10.0 Å². The quantitative estimate of drug-likeness (QED) is 0.190.